The van der Waals surface area contributed by atoms with E-state index in [1.807, 2.05) is 41.8 Å². The number of rotatable bonds is 12. The second-order valence-electron chi connectivity index (χ2n) is 9.83. The molecule has 1 atom stereocenters. The largest absolute Gasteiger partial charge is 0.497 e. The van der Waals surface area contributed by atoms with Gasteiger partial charge in [-0.3, -0.25) is 9.59 Å². The van der Waals surface area contributed by atoms with Gasteiger partial charge in [-0.05, 0) is 59.7 Å². The lowest BCUT2D eigenvalue weighted by Crippen LogP contribution is -2.47. The number of carbonyl (C=O) groups is 2. The number of carbonyl (C=O) groups excluding carboxylic acids is 2. The van der Waals surface area contributed by atoms with Gasteiger partial charge in [0, 0.05) is 17.5 Å². The van der Waals surface area contributed by atoms with Crippen LogP contribution in [0.5, 0.6) is 23.0 Å². The molecule has 214 valence electrons. The maximum atomic E-state index is 14.2. The number of thiophene rings is 1. The SMILES string of the molecule is COc1ccc(CN(C(=O)Cc2cccs2)C(C(=O)NC2CCCCC2)c2cc(OC)c(OC)c(OC)c2)cc1. The maximum Gasteiger partial charge on any atom is 0.247 e. The highest BCUT2D eigenvalue weighted by Crippen LogP contribution is 2.41. The fourth-order valence-electron chi connectivity index (χ4n) is 5.17. The van der Waals surface area contributed by atoms with Crippen molar-refractivity contribution in [1.82, 2.24) is 10.2 Å². The van der Waals surface area contributed by atoms with Crippen LogP contribution in [0.25, 0.3) is 0 Å². The van der Waals surface area contributed by atoms with Crippen molar-refractivity contribution in [2.24, 2.45) is 0 Å². The first-order chi connectivity index (χ1) is 19.5. The summed E-state index contributed by atoms with van der Waals surface area (Å²) in [4.78, 5) is 30.8. The highest BCUT2D eigenvalue weighted by Gasteiger charge is 2.34. The normalized spacial score (nSPS) is 14.2. The zero-order chi connectivity index (χ0) is 28.5. The van der Waals surface area contributed by atoms with Crippen LogP contribution in [-0.2, 0) is 22.6 Å². The van der Waals surface area contributed by atoms with E-state index in [-0.39, 0.29) is 30.8 Å². The summed E-state index contributed by atoms with van der Waals surface area (Å²) in [5.74, 6) is 1.60. The van der Waals surface area contributed by atoms with Crippen molar-refractivity contribution in [3.63, 3.8) is 0 Å². The zero-order valence-electron chi connectivity index (χ0n) is 23.6. The van der Waals surface area contributed by atoms with Crippen LogP contribution in [0.1, 0.15) is 54.1 Å². The van der Waals surface area contributed by atoms with E-state index in [4.69, 9.17) is 18.9 Å². The molecule has 1 N–H and O–H groups in total. The van der Waals surface area contributed by atoms with Crippen LogP contribution < -0.4 is 24.3 Å². The van der Waals surface area contributed by atoms with E-state index >= 15 is 0 Å². The van der Waals surface area contributed by atoms with Crippen molar-refractivity contribution < 1.29 is 28.5 Å². The first kappa shape index (κ1) is 29.3. The fourth-order valence-corrected chi connectivity index (χ4v) is 5.87. The van der Waals surface area contributed by atoms with Gasteiger partial charge in [-0.15, -0.1) is 11.3 Å². The van der Waals surface area contributed by atoms with Crippen LogP contribution in [0.3, 0.4) is 0 Å². The minimum absolute atomic E-state index is 0.0704. The molecule has 4 rings (SSSR count). The van der Waals surface area contributed by atoms with Crippen molar-refractivity contribution in [3.8, 4) is 23.0 Å². The molecule has 0 radical (unpaired) electrons. The minimum atomic E-state index is -0.926. The summed E-state index contributed by atoms with van der Waals surface area (Å²) in [6, 6.07) is 14.1. The number of methoxy groups -OCH3 is 4. The Kier molecular flexibility index (Phi) is 10.3. The van der Waals surface area contributed by atoms with E-state index in [9.17, 15) is 9.59 Å². The van der Waals surface area contributed by atoms with E-state index in [0.717, 1.165) is 41.9 Å². The Morgan fingerprint density at radius 2 is 1.60 bits per heavy atom. The van der Waals surface area contributed by atoms with Crippen LogP contribution in [0.4, 0.5) is 0 Å². The fraction of sp³-hybridized carbons (Fsp3) is 0.419. The van der Waals surface area contributed by atoms with Crippen molar-refractivity contribution in [3.05, 3.63) is 69.9 Å². The maximum absolute atomic E-state index is 14.2. The monoisotopic (exact) mass is 566 g/mol. The van der Waals surface area contributed by atoms with Crippen molar-refractivity contribution in [2.45, 2.75) is 57.2 Å². The third-order valence-electron chi connectivity index (χ3n) is 7.25. The Morgan fingerprint density at radius 1 is 0.925 bits per heavy atom. The molecule has 0 saturated heterocycles. The first-order valence-corrected chi connectivity index (χ1v) is 14.4. The van der Waals surface area contributed by atoms with Gasteiger partial charge in [0.2, 0.25) is 17.6 Å². The van der Waals surface area contributed by atoms with E-state index < -0.39 is 6.04 Å². The molecule has 0 aliphatic heterocycles. The van der Waals surface area contributed by atoms with Crippen LogP contribution >= 0.6 is 11.3 Å². The highest BCUT2D eigenvalue weighted by molar-refractivity contribution is 7.10. The molecule has 1 aliphatic carbocycles. The van der Waals surface area contributed by atoms with Gasteiger partial charge in [-0.2, -0.15) is 0 Å². The molecule has 1 fully saturated rings. The first-order valence-electron chi connectivity index (χ1n) is 13.5. The molecule has 2 aromatic carbocycles. The quantitative estimate of drug-likeness (QED) is 0.310. The molecule has 1 aliphatic rings. The predicted molar refractivity (Wildman–Crippen MR) is 155 cm³/mol. The molecule has 0 bridgehead atoms. The third-order valence-corrected chi connectivity index (χ3v) is 8.13. The number of hydrogen-bond donors (Lipinski definition) is 1. The van der Waals surface area contributed by atoms with Gasteiger partial charge >= 0.3 is 0 Å². The van der Waals surface area contributed by atoms with Crippen LogP contribution in [0, 0.1) is 0 Å². The molecule has 8 nitrogen and oxygen atoms in total. The molecule has 1 unspecified atom stereocenters. The molecule has 1 aromatic heterocycles. The smallest absolute Gasteiger partial charge is 0.247 e. The van der Waals surface area contributed by atoms with Crippen LogP contribution in [-0.4, -0.2) is 51.2 Å². The standard InChI is InChI=1S/C31H38N2O6S/c1-36-24-14-12-21(13-15-24)20-33(28(34)19-25-11-8-16-40-25)29(31(35)32-23-9-6-5-7-10-23)22-17-26(37-2)30(39-4)27(18-22)38-3/h8,11-18,23,29H,5-7,9-10,19-20H2,1-4H3,(H,32,35). The molecule has 9 heteroatoms. The minimum Gasteiger partial charge on any atom is -0.497 e. The van der Waals surface area contributed by atoms with Crippen LogP contribution in [0.15, 0.2) is 53.9 Å². The average Bonchev–Trinajstić information content (AvgIpc) is 3.50. The Balaban J connectivity index is 1.80. The lowest BCUT2D eigenvalue weighted by Gasteiger charge is -2.34. The molecule has 2 amide bonds. The summed E-state index contributed by atoms with van der Waals surface area (Å²) in [5.41, 5.74) is 1.46. The summed E-state index contributed by atoms with van der Waals surface area (Å²) >= 11 is 1.52. The molecule has 1 heterocycles. The van der Waals surface area contributed by atoms with Gasteiger partial charge in [-0.25, -0.2) is 0 Å². The Hall–Kier alpha value is -3.72. The Bertz CT molecular complexity index is 1230. The molecule has 40 heavy (non-hydrogen) atoms. The van der Waals surface area contributed by atoms with Gasteiger partial charge in [0.15, 0.2) is 11.5 Å². The second-order valence-corrected chi connectivity index (χ2v) is 10.9. The number of hydrogen-bond acceptors (Lipinski definition) is 7. The van der Waals surface area contributed by atoms with Crippen LogP contribution in [0.2, 0.25) is 0 Å². The summed E-state index contributed by atoms with van der Waals surface area (Å²) < 4.78 is 22.1. The van der Waals surface area contributed by atoms with Crippen molar-refractivity contribution in [1.29, 1.82) is 0 Å². The van der Waals surface area contributed by atoms with Gasteiger partial charge in [0.05, 0.1) is 34.9 Å². The van der Waals surface area contributed by atoms with Crippen molar-refractivity contribution >= 4 is 23.2 Å². The van der Waals surface area contributed by atoms with E-state index in [2.05, 4.69) is 5.32 Å². The van der Waals surface area contributed by atoms with E-state index in [0.29, 0.717) is 22.8 Å². The number of amides is 2. The average molecular weight is 567 g/mol. The second kappa shape index (κ2) is 14.1. The summed E-state index contributed by atoms with van der Waals surface area (Å²) in [7, 11) is 6.22. The lowest BCUT2D eigenvalue weighted by molar-refractivity contribution is -0.141. The highest BCUT2D eigenvalue weighted by atomic mass is 32.1. The van der Waals surface area contributed by atoms with Gasteiger partial charge in [0.1, 0.15) is 11.8 Å². The Morgan fingerprint density at radius 3 is 2.15 bits per heavy atom. The molecule has 3 aromatic rings. The molecule has 0 spiro atoms. The predicted octanol–water partition coefficient (Wildman–Crippen LogP) is 5.54. The topological polar surface area (TPSA) is 86.3 Å². The lowest BCUT2D eigenvalue weighted by atomic mass is 9.94. The number of benzene rings is 2. The van der Waals surface area contributed by atoms with E-state index in [1.165, 1.54) is 39.1 Å². The summed E-state index contributed by atoms with van der Waals surface area (Å²) in [6.07, 6.45) is 5.36. The van der Waals surface area contributed by atoms with E-state index in [1.54, 1.807) is 24.1 Å². The van der Waals surface area contributed by atoms with Gasteiger partial charge in [-0.1, -0.05) is 37.5 Å². The molecule has 1 saturated carbocycles. The third kappa shape index (κ3) is 7.07. The number of nitrogens with zero attached hydrogens (tertiary/aromatic N) is 1. The number of ether oxygens (including phenoxy) is 4. The van der Waals surface area contributed by atoms with Crippen molar-refractivity contribution in [2.75, 3.05) is 28.4 Å². The molecular formula is C31H38N2O6S. The van der Waals surface area contributed by atoms with Gasteiger partial charge < -0.3 is 29.2 Å². The summed E-state index contributed by atoms with van der Waals surface area (Å²) in [5, 5.41) is 5.20. The molecular weight excluding hydrogens is 528 g/mol. The summed E-state index contributed by atoms with van der Waals surface area (Å²) in [6.45, 7) is 0.230. The number of nitrogens with one attached hydrogen (secondary N) is 1. The zero-order valence-corrected chi connectivity index (χ0v) is 24.4. The Labute approximate surface area is 240 Å². The van der Waals surface area contributed by atoms with Gasteiger partial charge in [0.25, 0.3) is 0 Å².